The Balaban J connectivity index is 1.24. The summed E-state index contributed by atoms with van der Waals surface area (Å²) in [7, 11) is 0. The Hall–Kier alpha value is -4.19. The third-order valence-electron chi connectivity index (χ3n) is 8.74. The summed E-state index contributed by atoms with van der Waals surface area (Å²) in [4.78, 5) is 38.6. The molecule has 244 valence electrons. The van der Waals surface area contributed by atoms with Crippen molar-refractivity contribution in [2.24, 2.45) is 5.92 Å². The van der Waals surface area contributed by atoms with E-state index in [9.17, 15) is 33.4 Å². The van der Waals surface area contributed by atoms with Gasteiger partial charge in [-0.1, -0.05) is 36.4 Å². The normalized spacial score (nSPS) is 19.6. The zero-order valence-electron chi connectivity index (χ0n) is 25.7. The summed E-state index contributed by atoms with van der Waals surface area (Å²) in [6, 6.07) is 18.9. The Morgan fingerprint density at radius 1 is 1.02 bits per heavy atom. The highest BCUT2D eigenvalue weighted by atomic mass is 19.1. The van der Waals surface area contributed by atoms with Crippen molar-refractivity contribution in [3.8, 4) is 0 Å². The summed E-state index contributed by atoms with van der Waals surface area (Å²) in [5.74, 6) is -2.99. The quantitative estimate of drug-likeness (QED) is 0.216. The van der Waals surface area contributed by atoms with Crippen LogP contribution in [0.4, 0.5) is 14.5 Å². The molecule has 2 saturated heterocycles. The average molecular weight is 637 g/mol. The molecule has 0 bridgehead atoms. The molecule has 3 aromatic carbocycles. The van der Waals surface area contributed by atoms with Gasteiger partial charge in [0.25, 0.3) is 0 Å². The number of nitrogens with zero attached hydrogens (tertiary/aromatic N) is 1. The van der Waals surface area contributed by atoms with E-state index in [2.05, 4.69) is 5.32 Å². The number of nitrogens with one attached hydrogen (secondary N) is 1. The number of ether oxygens (including phenoxy) is 2. The van der Waals surface area contributed by atoms with E-state index in [1.165, 1.54) is 50.2 Å². The molecule has 0 radical (unpaired) electrons. The first kappa shape index (κ1) is 33.2. The van der Waals surface area contributed by atoms with Crippen LogP contribution in [0.3, 0.4) is 0 Å². The lowest BCUT2D eigenvalue weighted by atomic mass is 9.78. The van der Waals surface area contributed by atoms with Gasteiger partial charge in [0.2, 0.25) is 11.8 Å². The fourth-order valence-electron chi connectivity index (χ4n) is 5.83. The van der Waals surface area contributed by atoms with Gasteiger partial charge in [-0.05, 0) is 92.6 Å². The molecule has 0 unspecified atom stereocenters. The number of halogens is 2. The minimum absolute atomic E-state index is 0.119. The lowest BCUT2D eigenvalue weighted by Gasteiger charge is -2.48. The number of amides is 2. The van der Waals surface area contributed by atoms with Crippen LogP contribution < -0.4 is 10.2 Å². The van der Waals surface area contributed by atoms with Crippen LogP contribution in [0.2, 0.25) is 0 Å². The maximum Gasteiger partial charge on any atom is 0.328 e. The number of hydrogen-bond acceptors (Lipinski definition) is 6. The van der Waals surface area contributed by atoms with E-state index in [1.807, 2.05) is 24.3 Å². The zero-order valence-corrected chi connectivity index (χ0v) is 25.7. The number of aliphatic hydroxyl groups is 1. The van der Waals surface area contributed by atoms with Crippen LogP contribution in [-0.2, 0) is 30.3 Å². The lowest BCUT2D eigenvalue weighted by molar-refractivity contribution is -0.212. The summed E-state index contributed by atoms with van der Waals surface area (Å²) in [5, 5.41) is 22.4. The number of rotatable bonds is 14. The van der Waals surface area contributed by atoms with Crippen molar-refractivity contribution < 1.29 is 42.9 Å². The second kappa shape index (κ2) is 13.7. The SMILES string of the molecule is CC(C)(NC(=O)COC1(CCc2ccc([C@@H]3[C@@H](CC[C@H](O)c4ccc(F)cc4)C(=O)N3c3ccc(F)cc3)cc2)COC1)C(=O)O. The zero-order chi connectivity index (χ0) is 33.1. The Labute approximate surface area is 266 Å². The molecular formula is C35H38F2N2O7. The number of carboxylic acids is 1. The van der Waals surface area contributed by atoms with Crippen LogP contribution in [-0.4, -0.2) is 59.0 Å². The first-order valence-electron chi connectivity index (χ1n) is 15.2. The highest BCUT2D eigenvalue weighted by Gasteiger charge is 2.48. The van der Waals surface area contributed by atoms with Gasteiger partial charge in [0, 0.05) is 5.69 Å². The highest BCUT2D eigenvalue weighted by Crippen LogP contribution is 2.46. The van der Waals surface area contributed by atoms with Gasteiger partial charge in [0.1, 0.15) is 29.4 Å². The van der Waals surface area contributed by atoms with Crippen LogP contribution >= 0.6 is 0 Å². The monoisotopic (exact) mass is 636 g/mol. The predicted molar refractivity (Wildman–Crippen MR) is 165 cm³/mol. The van der Waals surface area contributed by atoms with Crippen LogP contribution in [0.15, 0.2) is 72.8 Å². The highest BCUT2D eigenvalue weighted by molar-refractivity contribution is 6.03. The molecule has 2 aliphatic heterocycles. The van der Waals surface area contributed by atoms with Gasteiger partial charge in [-0.25, -0.2) is 13.6 Å². The summed E-state index contributed by atoms with van der Waals surface area (Å²) in [5.41, 5.74) is 0.995. The minimum Gasteiger partial charge on any atom is -0.480 e. The molecule has 0 aromatic heterocycles. The molecule has 2 heterocycles. The number of anilines is 1. The summed E-state index contributed by atoms with van der Waals surface area (Å²) in [6.45, 7) is 3.16. The Morgan fingerprint density at radius 3 is 2.20 bits per heavy atom. The lowest BCUT2D eigenvalue weighted by Crippen LogP contribution is -2.55. The third kappa shape index (κ3) is 7.43. The maximum atomic E-state index is 13.7. The van der Waals surface area contributed by atoms with E-state index in [4.69, 9.17) is 9.47 Å². The molecule has 5 rings (SSSR count). The largest absolute Gasteiger partial charge is 0.480 e. The van der Waals surface area contributed by atoms with E-state index in [-0.39, 0.29) is 18.6 Å². The Kier molecular flexibility index (Phi) is 9.85. The Bertz CT molecular complexity index is 1540. The molecule has 2 fully saturated rings. The van der Waals surface area contributed by atoms with Crippen LogP contribution in [0.25, 0.3) is 0 Å². The average Bonchev–Trinajstić information content (AvgIpc) is 3.00. The van der Waals surface area contributed by atoms with Crippen molar-refractivity contribution in [3.05, 3.63) is 101 Å². The van der Waals surface area contributed by atoms with Crippen molar-refractivity contribution in [3.63, 3.8) is 0 Å². The molecule has 2 amide bonds. The van der Waals surface area contributed by atoms with Gasteiger partial charge >= 0.3 is 5.97 Å². The van der Waals surface area contributed by atoms with Crippen LogP contribution in [0.5, 0.6) is 0 Å². The van der Waals surface area contributed by atoms with E-state index in [1.54, 1.807) is 17.0 Å². The van der Waals surface area contributed by atoms with Crippen molar-refractivity contribution in [1.29, 1.82) is 0 Å². The summed E-state index contributed by atoms with van der Waals surface area (Å²) < 4.78 is 38.3. The fraction of sp³-hybridized carbons (Fsp3) is 0.400. The van der Waals surface area contributed by atoms with Gasteiger partial charge in [0.15, 0.2) is 0 Å². The number of aryl methyl sites for hydroxylation is 1. The van der Waals surface area contributed by atoms with Gasteiger partial charge in [-0.15, -0.1) is 0 Å². The molecule has 0 aliphatic carbocycles. The fourth-order valence-corrected chi connectivity index (χ4v) is 5.83. The summed E-state index contributed by atoms with van der Waals surface area (Å²) >= 11 is 0. The Morgan fingerprint density at radius 2 is 1.63 bits per heavy atom. The van der Waals surface area contributed by atoms with E-state index < -0.39 is 46.7 Å². The number of carbonyl (C=O) groups excluding carboxylic acids is 2. The molecule has 2 aliphatic rings. The number of carbonyl (C=O) groups is 3. The van der Waals surface area contributed by atoms with Gasteiger partial charge < -0.3 is 29.9 Å². The van der Waals surface area contributed by atoms with Gasteiger partial charge in [-0.2, -0.15) is 0 Å². The maximum absolute atomic E-state index is 13.7. The molecule has 11 heteroatoms. The topological polar surface area (TPSA) is 125 Å². The second-order valence-corrected chi connectivity index (χ2v) is 12.6. The van der Waals surface area contributed by atoms with Crippen molar-refractivity contribution in [1.82, 2.24) is 5.32 Å². The molecule has 9 nitrogen and oxygen atoms in total. The predicted octanol–water partition coefficient (Wildman–Crippen LogP) is 4.88. The molecule has 3 aromatic rings. The molecule has 0 saturated carbocycles. The number of hydrogen-bond donors (Lipinski definition) is 3. The minimum atomic E-state index is -1.41. The first-order chi connectivity index (χ1) is 21.9. The molecule has 0 spiro atoms. The van der Waals surface area contributed by atoms with E-state index in [0.29, 0.717) is 50.1 Å². The molecule has 46 heavy (non-hydrogen) atoms. The van der Waals surface area contributed by atoms with Crippen molar-refractivity contribution in [2.45, 2.75) is 62.8 Å². The van der Waals surface area contributed by atoms with Crippen LogP contribution in [0.1, 0.15) is 61.9 Å². The smallest absolute Gasteiger partial charge is 0.328 e. The molecular weight excluding hydrogens is 598 g/mol. The standard InChI is InChI=1S/C35H38F2N2O7/c1-34(2,33(43)44)38-30(41)19-46-35(20-45-21-35)18-17-22-3-5-24(6-4-22)31-28(15-16-29(40)23-7-9-25(36)10-8-23)32(42)39(31)27-13-11-26(37)12-14-27/h3-14,28-29,31,40H,15-21H2,1-2H3,(H,38,41)(H,43,44)/t28-,29+,31-/m1/s1. The number of benzene rings is 3. The molecule has 3 atom stereocenters. The number of aliphatic hydroxyl groups excluding tert-OH is 1. The first-order valence-corrected chi connectivity index (χ1v) is 15.2. The van der Waals surface area contributed by atoms with E-state index >= 15 is 0 Å². The third-order valence-corrected chi connectivity index (χ3v) is 8.74. The van der Waals surface area contributed by atoms with Crippen molar-refractivity contribution in [2.75, 3.05) is 24.7 Å². The van der Waals surface area contributed by atoms with Crippen LogP contribution in [0, 0.1) is 17.6 Å². The second-order valence-electron chi connectivity index (χ2n) is 12.6. The summed E-state index contributed by atoms with van der Waals surface area (Å²) in [6.07, 6.45) is 1.07. The van der Waals surface area contributed by atoms with Gasteiger partial charge in [-0.3, -0.25) is 9.59 Å². The molecule has 3 N–H and O–H groups in total. The number of β-lactam (4-membered cyclic amide) rings is 1. The number of carboxylic acid groups (broad SMARTS) is 1. The number of aliphatic carboxylic acids is 1. The van der Waals surface area contributed by atoms with Crippen molar-refractivity contribution >= 4 is 23.5 Å². The van der Waals surface area contributed by atoms with E-state index in [0.717, 1.165) is 11.1 Å². The van der Waals surface area contributed by atoms with Gasteiger partial charge in [0.05, 0.1) is 31.3 Å².